The average Bonchev–Trinajstić information content (AvgIpc) is 3.22. The summed E-state index contributed by atoms with van der Waals surface area (Å²) in [7, 11) is -6.04. The summed E-state index contributed by atoms with van der Waals surface area (Å²) in [5, 5.41) is -5.19. The molecule has 10 nitrogen and oxygen atoms in total. The Morgan fingerprint density at radius 2 is 1.75 bits per heavy atom. The summed E-state index contributed by atoms with van der Waals surface area (Å²) in [4.78, 5) is 62.7. The van der Waals surface area contributed by atoms with Crippen molar-refractivity contribution < 1.29 is 55.2 Å². The fourth-order valence-corrected chi connectivity index (χ4v) is 8.62. The second-order valence-electron chi connectivity index (χ2n) is 12.5. The minimum Gasteiger partial charge on any atom is -0.428 e. The molecule has 0 amide bonds. The zero-order valence-corrected chi connectivity index (χ0v) is 23.6. The van der Waals surface area contributed by atoms with Crippen LogP contribution in [-0.2, 0) is 43.6 Å². The average molecular weight is 591 g/mol. The molecule has 0 heterocycles. The molecule has 0 saturated heterocycles. The number of rotatable bonds is 8. The Morgan fingerprint density at radius 3 is 2.40 bits per heavy atom. The molecule has 0 aromatic rings. The van der Waals surface area contributed by atoms with Gasteiger partial charge in [-0.1, -0.05) is 20.8 Å². The zero-order valence-electron chi connectivity index (χ0n) is 22.8. The summed E-state index contributed by atoms with van der Waals surface area (Å²) >= 11 is 0. The van der Waals surface area contributed by atoms with Crippen LogP contribution in [-0.4, -0.2) is 54.3 Å². The molecule has 4 fully saturated rings. The first kappa shape index (κ1) is 30.7. The molecule has 40 heavy (non-hydrogen) atoms. The minimum absolute atomic E-state index is 0.0136. The smallest absolute Gasteiger partial charge is 0.428 e. The topological polar surface area (TPSA) is 158 Å². The van der Waals surface area contributed by atoms with E-state index in [-0.39, 0.29) is 71.1 Å². The molecule has 0 spiro atoms. The van der Waals surface area contributed by atoms with Gasteiger partial charge in [-0.25, -0.2) is 4.79 Å². The highest BCUT2D eigenvalue weighted by Crippen LogP contribution is 2.66. The van der Waals surface area contributed by atoms with E-state index in [9.17, 15) is 41.2 Å². The standard InChI is InChI=1S/C27H36F2O10S/c1-14(4-7-22(33)38-13-39-24(34)27(28,29)40(35,36)37)17-5-6-18-23-19(12-21(32)26(17,18)3)25(2)9-8-16(30)10-15(25)11-20(23)31/h14-15,17-19,23H,4-13H2,1-3H3,(H,35,36,37)/t14-,15?,17-,18?,19?,23?,25+,26-/m1/s1. The predicted molar refractivity (Wildman–Crippen MR) is 133 cm³/mol. The molecule has 4 aliphatic rings. The maximum absolute atomic E-state index is 13.8. The van der Waals surface area contributed by atoms with Gasteiger partial charge in [-0.3, -0.25) is 23.7 Å². The summed E-state index contributed by atoms with van der Waals surface area (Å²) in [5.41, 5.74) is -0.948. The summed E-state index contributed by atoms with van der Waals surface area (Å²) in [5.74, 6) is -3.63. The lowest BCUT2D eigenvalue weighted by Crippen LogP contribution is -2.60. The highest BCUT2D eigenvalue weighted by molar-refractivity contribution is 7.87. The van der Waals surface area contributed by atoms with Crippen LogP contribution >= 0.6 is 0 Å². The van der Waals surface area contributed by atoms with Gasteiger partial charge in [0.2, 0.25) is 6.79 Å². The van der Waals surface area contributed by atoms with Gasteiger partial charge < -0.3 is 9.47 Å². The van der Waals surface area contributed by atoms with Crippen molar-refractivity contribution >= 4 is 39.4 Å². The van der Waals surface area contributed by atoms with Gasteiger partial charge in [0.05, 0.1) is 0 Å². The van der Waals surface area contributed by atoms with E-state index in [1.807, 2.05) is 13.8 Å². The number of fused-ring (bicyclic) bond motifs is 5. The van der Waals surface area contributed by atoms with E-state index < -0.39 is 39.5 Å². The number of hydrogen-bond acceptors (Lipinski definition) is 9. The Labute approximate surface area is 231 Å². The van der Waals surface area contributed by atoms with Gasteiger partial charge in [0.15, 0.2) is 0 Å². The lowest BCUT2D eigenvalue weighted by molar-refractivity contribution is -0.179. The molecule has 0 radical (unpaired) electrons. The van der Waals surface area contributed by atoms with Gasteiger partial charge in [-0.15, -0.1) is 0 Å². The van der Waals surface area contributed by atoms with Crippen LogP contribution in [0.15, 0.2) is 0 Å². The van der Waals surface area contributed by atoms with Crippen molar-refractivity contribution in [2.45, 2.75) is 83.8 Å². The van der Waals surface area contributed by atoms with E-state index in [4.69, 9.17) is 4.55 Å². The van der Waals surface area contributed by atoms with Crippen molar-refractivity contribution in [3.05, 3.63) is 0 Å². The fraction of sp³-hybridized carbons (Fsp3) is 0.815. The molecule has 4 saturated carbocycles. The van der Waals surface area contributed by atoms with Gasteiger partial charge in [0.1, 0.15) is 17.3 Å². The largest absolute Gasteiger partial charge is 0.465 e. The van der Waals surface area contributed by atoms with E-state index in [0.717, 1.165) is 0 Å². The van der Waals surface area contributed by atoms with Gasteiger partial charge in [0.25, 0.3) is 0 Å². The molecule has 1 N–H and O–H groups in total. The van der Waals surface area contributed by atoms with Crippen LogP contribution in [0.25, 0.3) is 0 Å². The maximum atomic E-state index is 13.8. The van der Waals surface area contributed by atoms with Gasteiger partial charge in [-0.05, 0) is 60.7 Å². The molecule has 8 atom stereocenters. The number of carbonyl (C=O) groups excluding carboxylic acids is 5. The van der Waals surface area contributed by atoms with Crippen molar-refractivity contribution in [1.82, 2.24) is 0 Å². The highest BCUT2D eigenvalue weighted by Gasteiger charge is 2.66. The minimum atomic E-state index is -6.04. The van der Waals surface area contributed by atoms with Gasteiger partial charge in [-0.2, -0.15) is 17.2 Å². The van der Waals surface area contributed by atoms with Crippen LogP contribution in [0.5, 0.6) is 0 Å². The number of ether oxygens (including phenoxy) is 2. The fourth-order valence-electron chi connectivity index (χ4n) is 8.35. The van der Waals surface area contributed by atoms with E-state index in [0.29, 0.717) is 44.9 Å². The molecule has 0 aliphatic heterocycles. The van der Waals surface area contributed by atoms with Crippen molar-refractivity contribution in [3.63, 3.8) is 0 Å². The monoisotopic (exact) mass is 590 g/mol. The lowest BCUT2D eigenvalue weighted by atomic mass is 9.44. The Balaban J connectivity index is 1.36. The van der Waals surface area contributed by atoms with Crippen LogP contribution in [0.3, 0.4) is 0 Å². The molecule has 4 aliphatic carbocycles. The summed E-state index contributed by atoms with van der Waals surface area (Å²) < 4.78 is 64.5. The number of Topliss-reactive ketones (excluding diaryl/α,β-unsaturated/α-hetero) is 3. The predicted octanol–water partition coefficient (Wildman–Crippen LogP) is 3.51. The van der Waals surface area contributed by atoms with Crippen molar-refractivity contribution in [1.29, 1.82) is 0 Å². The molecule has 4 unspecified atom stereocenters. The third-order valence-corrected chi connectivity index (χ3v) is 11.5. The van der Waals surface area contributed by atoms with E-state index in [1.165, 1.54) is 0 Å². The number of hydrogen-bond donors (Lipinski definition) is 1. The highest BCUT2D eigenvalue weighted by atomic mass is 32.2. The van der Waals surface area contributed by atoms with Crippen molar-refractivity contribution in [2.75, 3.05) is 6.79 Å². The van der Waals surface area contributed by atoms with Crippen LogP contribution in [0, 0.1) is 46.3 Å². The van der Waals surface area contributed by atoms with Crippen molar-refractivity contribution in [2.24, 2.45) is 46.3 Å². The Hall–Kier alpha value is -2.28. The molecule has 4 rings (SSSR count). The van der Waals surface area contributed by atoms with E-state index in [1.54, 1.807) is 0 Å². The Kier molecular flexibility index (Phi) is 8.07. The quantitative estimate of drug-likeness (QED) is 0.252. The number of halogens is 2. The molecule has 0 bridgehead atoms. The second-order valence-corrected chi connectivity index (χ2v) is 14.0. The normalized spacial score (nSPS) is 36.8. The molecular formula is C27H36F2O10S. The van der Waals surface area contributed by atoms with Crippen LogP contribution in [0.4, 0.5) is 8.78 Å². The first-order valence-corrected chi connectivity index (χ1v) is 15.1. The lowest BCUT2D eigenvalue weighted by Gasteiger charge is -2.58. The van der Waals surface area contributed by atoms with Crippen LogP contribution < -0.4 is 0 Å². The number of alkyl halides is 2. The SMILES string of the molecule is C[C@H](CCC(=O)OCOC(=O)C(F)(F)S(=O)(=O)O)[C@H]1CCC2C3C(=O)CC4CC(=O)CC[C@]4(C)C3CC(=O)[C@@]21C. The number of carbonyl (C=O) groups is 5. The molecular weight excluding hydrogens is 554 g/mol. The molecule has 13 heteroatoms. The summed E-state index contributed by atoms with van der Waals surface area (Å²) in [6.07, 6.45) is 3.80. The maximum Gasteiger partial charge on any atom is 0.465 e. The first-order chi connectivity index (χ1) is 18.4. The van der Waals surface area contributed by atoms with Crippen LogP contribution in [0.1, 0.15) is 78.6 Å². The number of esters is 2. The van der Waals surface area contributed by atoms with E-state index >= 15 is 0 Å². The molecule has 0 aromatic carbocycles. The third kappa shape index (κ3) is 5.01. The third-order valence-electron chi connectivity index (χ3n) is 10.7. The van der Waals surface area contributed by atoms with Gasteiger partial charge in [0, 0.05) is 43.4 Å². The van der Waals surface area contributed by atoms with Crippen molar-refractivity contribution in [3.8, 4) is 0 Å². The summed E-state index contributed by atoms with van der Waals surface area (Å²) in [6, 6.07) is 0. The van der Waals surface area contributed by atoms with Crippen LogP contribution in [0.2, 0.25) is 0 Å². The van der Waals surface area contributed by atoms with Gasteiger partial charge >= 0.3 is 27.3 Å². The Morgan fingerprint density at radius 1 is 1.07 bits per heavy atom. The van der Waals surface area contributed by atoms with E-state index in [2.05, 4.69) is 16.4 Å². The zero-order chi connectivity index (χ0) is 29.8. The Bertz CT molecular complexity index is 1220. The first-order valence-electron chi connectivity index (χ1n) is 13.7. The molecule has 0 aromatic heterocycles. The second kappa shape index (κ2) is 10.5. The molecule has 224 valence electrons. The number of ketones is 3. The summed E-state index contributed by atoms with van der Waals surface area (Å²) in [6.45, 7) is 4.73.